The average Bonchev–Trinajstić information content (AvgIpc) is 3.17. The molecule has 0 amide bonds. The maximum absolute atomic E-state index is 13.9. The van der Waals surface area contributed by atoms with E-state index in [0.29, 0.717) is 0 Å². The van der Waals surface area contributed by atoms with Gasteiger partial charge >= 0.3 is 23.9 Å². The first-order valence-corrected chi connectivity index (χ1v) is 15.3. The summed E-state index contributed by atoms with van der Waals surface area (Å²) < 4.78 is 22.4. The van der Waals surface area contributed by atoms with E-state index in [-0.39, 0.29) is 56.4 Å². The third-order valence-electron chi connectivity index (χ3n) is 7.26. The minimum atomic E-state index is -0.744. The first-order valence-electron chi connectivity index (χ1n) is 15.3. The van der Waals surface area contributed by atoms with Crippen LogP contribution < -0.4 is 18.9 Å². The van der Waals surface area contributed by atoms with E-state index >= 15 is 0 Å². The van der Waals surface area contributed by atoms with Crippen molar-refractivity contribution in [3.05, 3.63) is 191 Å². The number of carbonyl (C=O) groups excluding carboxylic acids is 5. The zero-order valence-electron chi connectivity index (χ0n) is 26.2. The molecule has 9 heteroatoms. The van der Waals surface area contributed by atoms with E-state index in [4.69, 9.17) is 18.9 Å². The lowest BCUT2D eigenvalue weighted by Crippen LogP contribution is -2.14. The van der Waals surface area contributed by atoms with E-state index < -0.39 is 29.7 Å². The van der Waals surface area contributed by atoms with E-state index in [0.717, 1.165) is 0 Å². The van der Waals surface area contributed by atoms with Crippen LogP contribution in [0.25, 0.3) is 0 Å². The SMILES string of the molecule is O=C(Oc1ccc(C(=O)c2ccc(OC(=O)c3ccccc3)c(OC(=O)c3ccccc3)c2)cc1OC(=O)c1ccccc1)c1ccccc1. The molecule has 6 aromatic rings. The molecule has 6 aromatic carbocycles. The van der Waals surface area contributed by atoms with Crippen molar-refractivity contribution in [3.8, 4) is 23.0 Å². The molecule has 0 N–H and O–H groups in total. The number of hydrogen-bond donors (Lipinski definition) is 0. The molecule has 0 unspecified atom stereocenters. The molecule has 0 fully saturated rings. The van der Waals surface area contributed by atoms with Crippen LogP contribution in [-0.2, 0) is 0 Å². The highest BCUT2D eigenvalue weighted by Crippen LogP contribution is 2.34. The van der Waals surface area contributed by atoms with Crippen molar-refractivity contribution in [1.82, 2.24) is 0 Å². The van der Waals surface area contributed by atoms with Crippen LogP contribution in [-0.4, -0.2) is 29.7 Å². The number of ether oxygens (including phenoxy) is 4. The summed E-state index contributed by atoms with van der Waals surface area (Å²) in [5.74, 6) is -4.02. The van der Waals surface area contributed by atoms with Gasteiger partial charge in [0, 0.05) is 11.1 Å². The molecule has 244 valence electrons. The molecule has 0 saturated carbocycles. The van der Waals surface area contributed by atoms with Crippen LogP contribution in [0.1, 0.15) is 57.4 Å². The van der Waals surface area contributed by atoms with E-state index in [1.807, 2.05) is 0 Å². The Bertz CT molecular complexity index is 2020. The van der Waals surface area contributed by atoms with Crippen LogP contribution in [0.2, 0.25) is 0 Å². The predicted octanol–water partition coefficient (Wildman–Crippen LogP) is 7.79. The second-order valence-electron chi connectivity index (χ2n) is 10.7. The highest BCUT2D eigenvalue weighted by Gasteiger charge is 2.22. The van der Waals surface area contributed by atoms with Crippen molar-refractivity contribution in [2.24, 2.45) is 0 Å². The summed E-state index contributed by atoms with van der Waals surface area (Å²) in [6.45, 7) is 0. The second kappa shape index (κ2) is 15.2. The molecule has 0 radical (unpaired) electrons. The molecule has 0 aliphatic carbocycles. The third kappa shape index (κ3) is 7.87. The summed E-state index contributed by atoms with van der Waals surface area (Å²) >= 11 is 0. The Labute approximate surface area is 286 Å². The minimum Gasteiger partial charge on any atom is -0.419 e. The summed E-state index contributed by atoms with van der Waals surface area (Å²) in [6.07, 6.45) is 0. The van der Waals surface area contributed by atoms with Gasteiger partial charge in [0.2, 0.25) is 0 Å². The van der Waals surface area contributed by atoms with E-state index in [2.05, 4.69) is 0 Å². The number of ketones is 1. The van der Waals surface area contributed by atoms with Crippen molar-refractivity contribution >= 4 is 29.7 Å². The molecule has 0 spiro atoms. The van der Waals surface area contributed by atoms with E-state index in [1.54, 1.807) is 121 Å². The molecular weight excluding hydrogens is 636 g/mol. The topological polar surface area (TPSA) is 122 Å². The first kappa shape index (κ1) is 32.8. The fourth-order valence-corrected chi connectivity index (χ4v) is 4.73. The molecule has 0 bridgehead atoms. The maximum Gasteiger partial charge on any atom is 0.343 e. The predicted molar refractivity (Wildman–Crippen MR) is 182 cm³/mol. The lowest BCUT2D eigenvalue weighted by molar-refractivity contribution is 0.0682. The Hall–Kier alpha value is -7.13. The summed E-state index contributed by atoms with van der Waals surface area (Å²) in [6, 6.07) is 40.8. The Kier molecular flexibility index (Phi) is 9.96. The monoisotopic (exact) mass is 662 g/mol. The van der Waals surface area contributed by atoms with Crippen molar-refractivity contribution < 1.29 is 42.9 Å². The van der Waals surface area contributed by atoms with Crippen molar-refractivity contribution in [2.75, 3.05) is 0 Å². The fraction of sp³-hybridized carbons (Fsp3) is 0. The highest BCUT2D eigenvalue weighted by atomic mass is 16.6. The normalized spacial score (nSPS) is 10.4. The maximum atomic E-state index is 13.9. The Morgan fingerprint density at radius 2 is 0.540 bits per heavy atom. The lowest BCUT2D eigenvalue weighted by atomic mass is 10.0. The number of esters is 4. The van der Waals surface area contributed by atoms with Gasteiger partial charge in [-0.1, -0.05) is 72.8 Å². The summed E-state index contributed by atoms with van der Waals surface area (Å²) in [4.78, 5) is 65.7. The Balaban J connectivity index is 1.33. The van der Waals surface area contributed by atoms with Gasteiger partial charge in [0.05, 0.1) is 22.3 Å². The van der Waals surface area contributed by atoms with Gasteiger partial charge in [-0.15, -0.1) is 0 Å². The molecule has 0 aliphatic heterocycles. The van der Waals surface area contributed by atoms with Gasteiger partial charge in [-0.05, 0) is 84.9 Å². The molecule has 6 rings (SSSR count). The van der Waals surface area contributed by atoms with Gasteiger partial charge in [-0.25, -0.2) is 19.2 Å². The van der Waals surface area contributed by atoms with Crippen LogP contribution in [0.3, 0.4) is 0 Å². The number of carbonyl (C=O) groups is 5. The molecule has 0 heterocycles. The van der Waals surface area contributed by atoms with Crippen LogP contribution in [0, 0.1) is 0 Å². The molecule has 0 aromatic heterocycles. The van der Waals surface area contributed by atoms with Gasteiger partial charge in [-0.2, -0.15) is 0 Å². The largest absolute Gasteiger partial charge is 0.419 e. The standard InChI is InChI=1S/C41H26O9/c42-37(31-21-23-33(47-38(43)27-13-5-1-6-14-27)35(25-31)49-40(45)29-17-9-3-10-18-29)32-22-24-34(48-39(44)28-15-7-2-8-16-28)36(26-32)50-41(46)30-19-11-4-12-20-30/h1-26H. The molecule has 0 aliphatic rings. The molecule has 50 heavy (non-hydrogen) atoms. The zero-order valence-corrected chi connectivity index (χ0v) is 26.2. The second-order valence-corrected chi connectivity index (χ2v) is 10.7. The van der Waals surface area contributed by atoms with E-state index in [1.165, 1.54) is 36.4 Å². The summed E-state index contributed by atoms with van der Waals surface area (Å²) in [5.41, 5.74) is 1.09. The van der Waals surface area contributed by atoms with Crippen molar-refractivity contribution in [2.45, 2.75) is 0 Å². The average molecular weight is 663 g/mol. The van der Waals surface area contributed by atoms with Crippen molar-refractivity contribution in [3.63, 3.8) is 0 Å². The van der Waals surface area contributed by atoms with Crippen LogP contribution >= 0.6 is 0 Å². The van der Waals surface area contributed by atoms with Gasteiger partial charge in [0.15, 0.2) is 28.8 Å². The Morgan fingerprint density at radius 3 is 0.820 bits per heavy atom. The summed E-state index contributed by atoms with van der Waals surface area (Å²) in [5, 5.41) is 0. The third-order valence-corrected chi connectivity index (χ3v) is 7.26. The van der Waals surface area contributed by atoms with E-state index in [9.17, 15) is 24.0 Å². The van der Waals surface area contributed by atoms with Gasteiger partial charge in [-0.3, -0.25) is 4.79 Å². The Morgan fingerprint density at radius 1 is 0.280 bits per heavy atom. The zero-order chi connectivity index (χ0) is 34.9. The number of hydrogen-bond acceptors (Lipinski definition) is 9. The van der Waals surface area contributed by atoms with Gasteiger partial charge in [0.25, 0.3) is 0 Å². The van der Waals surface area contributed by atoms with Crippen LogP contribution in [0.5, 0.6) is 23.0 Å². The van der Waals surface area contributed by atoms with Crippen LogP contribution in [0.4, 0.5) is 0 Å². The first-order chi connectivity index (χ1) is 24.4. The number of rotatable bonds is 10. The molecule has 0 atom stereocenters. The minimum absolute atomic E-state index is 0.0507. The van der Waals surface area contributed by atoms with Crippen LogP contribution in [0.15, 0.2) is 158 Å². The highest BCUT2D eigenvalue weighted by molar-refractivity contribution is 6.10. The van der Waals surface area contributed by atoms with Gasteiger partial charge < -0.3 is 18.9 Å². The van der Waals surface area contributed by atoms with Gasteiger partial charge in [0.1, 0.15) is 0 Å². The lowest BCUT2D eigenvalue weighted by Gasteiger charge is -2.14. The fourth-order valence-electron chi connectivity index (χ4n) is 4.73. The number of benzene rings is 6. The molecule has 9 nitrogen and oxygen atoms in total. The smallest absolute Gasteiger partial charge is 0.343 e. The molecule has 0 saturated heterocycles. The molecular formula is C41H26O9. The van der Waals surface area contributed by atoms with Crippen molar-refractivity contribution in [1.29, 1.82) is 0 Å². The quantitative estimate of drug-likeness (QED) is 0.0822. The summed E-state index contributed by atoms with van der Waals surface area (Å²) in [7, 11) is 0.